The van der Waals surface area contributed by atoms with E-state index >= 15 is 0 Å². The summed E-state index contributed by atoms with van der Waals surface area (Å²) in [6, 6.07) is 5.79. The number of benzene rings is 1. The number of aromatic nitrogens is 2. The van der Waals surface area contributed by atoms with Crippen molar-refractivity contribution in [2.75, 3.05) is 25.2 Å². The molecule has 2 rings (SSSR count). The smallest absolute Gasteiger partial charge is 0.221 e. The number of nitrogens with zero attached hydrogens (tertiary/aromatic N) is 2. The Morgan fingerprint density at radius 1 is 1.04 bits per heavy atom. The first-order valence-electron chi connectivity index (χ1n) is 8.80. The molecule has 1 aromatic heterocycles. The molecule has 1 aromatic carbocycles. The molecule has 27 heavy (non-hydrogen) atoms. The normalized spacial score (nSPS) is 9.26. The second-order valence-corrected chi connectivity index (χ2v) is 5.34. The summed E-state index contributed by atoms with van der Waals surface area (Å²) in [5, 5.41) is 0. The Morgan fingerprint density at radius 3 is 2.33 bits per heavy atom. The monoisotopic (exact) mass is 372 g/mol. The van der Waals surface area contributed by atoms with Crippen molar-refractivity contribution in [3.63, 3.8) is 0 Å². The van der Waals surface area contributed by atoms with Gasteiger partial charge in [0.1, 0.15) is 17.3 Å². The van der Waals surface area contributed by atoms with E-state index in [1.54, 1.807) is 13.3 Å². The Hall–Kier alpha value is -3.02. The molecule has 1 heterocycles. The standard InChI is InChI=1S/C17H24N4O2.2C2H4/c1-3-4-5-8-23-14-6-7-15(22-2)12(10-14)9-13-11-20-17(19)21-16(13)18;2*1-2/h6-7,10-11H,3-5,8-9H2,1-2H3,(H4,18,19,20,21);2*1-2H2. The third kappa shape index (κ3) is 8.27. The lowest BCUT2D eigenvalue weighted by atomic mass is 10.1. The first-order chi connectivity index (χ1) is 13.1. The predicted molar refractivity (Wildman–Crippen MR) is 114 cm³/mol. The maximum Gasteiger partial charge on any atom is 0.221 e. The van der Waals surface area contributed by atoms with Crippen LogP contribution in [0.15, 0.2) is 50.7 Å². The third-order valence-corrected chi connectivity index (χ3v) is 3.57. The number of rotatable bonds is 8. The minimum absolute atomic E-state index is 0.172. The number of hydrogen-bond donors (Lipinski definition) is 2. The van der Waals surface area contributed by atoms with Gasteiger partial charge in [-0.1, -0.05) is 19.8 Å². The van der Waals surface area contributed by atoms with Gasteiger partial charge in [0, 0.05) is 23.7 Å². The fourth-order valence-electron chi connectivity index (χ4n) is 2.30. The minimum Gasteiger partial charge on any atom is -0.496 e. The molecule has 0 saturated heterocycles. The molecular weight excluding hydrogens is 340 g/mol. The van der Waals surface area contributed by atoms with Gasteiger partial charge in [-0.25, -0.2) is 4.98 Å². The molecule has 0 radical (unpaired) electrons. The third-order valence-electron chi connectivity index (χ3n) is 3.57. The van der Waals surface area contributed by atoms with Crippen molar-refractivity contribution >= 4 is 11.8 Å². The summed E-state index contributed by atoms with van der Waals surface area (Å²) in [6.07, 6.45) is 5.60. The Morgan fingerprint density at radius 2 is 1.74 bits per heavy atom. The van der Waals surface area contributed by atoms with Crippen molar-refractivity contribution in [1.82, 2.24) is 9.97 Å². The molecule has 0 bridgehead atoms. The average Bonchev–Trinajstić information content (AvgIpc) is 2.71. The molecule has 4 N–H and O–H groups in total. The number of hydrogen-bond acceptors (Lipinski definition) is 6. The fourth-order valence-corrected chi connectivity index (χ4v) is 2.30. The van der Waals surface area contributed by atoms with Crippen molar-refractivity contribution in [3.8, 4) is 11.5 Å². The maximum absolute atomic E-state index is 5.91. The van der Waals surface area contributed by atoms with Crippen LogP contribution >= 0.6 is 0 Å². The van der Waals surface area contributed by atoms with Gasteiger partial charge in [-0.05, 0) is 24.6 Å². The van der Waals surface area contributed by atoms with Gasteiger partial charge in [-0.3, -0.25) is 0 Å². The lowest BCUT2D eigenvalue weighted by Crippen LogP contribution is -2.05. The molecule has 2 aromatic rings. The van der Waals surface area contributed by atoms with E-state index in [0.29, 0.717) is 18.8 Å². The molecule has 0 aliphatic rings. The first-order valence-corrected chi connectivity index (χ1v) is 8.80. The summed E-state index contributed by atoms with van der Waals surface area (Å²) in [6.45, 7) is 14.9. The maximum atomic E-state index is 5.91. The molecule has 0 unspecified atom stereocenters. The number of ether oxygens (including phenoxy) is 2. The van der Waals surface area contributed by atoms with Gasteiger partial charge in [0.25, 0.3) is 0 Å². The molecule has 0 fully saturated rings. The topological polar surface area (TPSA) is 96.3 Å². The number of anilines is 2. The van der Waals surface area contributed by atoms with Crippen molar-refractivity contribution < 1.29 is 9.47 Å². The van der Waals surface area contributed by atoms with Crippen molar-refractivity contribution in [2.24, 2.45) is 0 Å². The van der Waals surface area contributed by atoms with Gasteiger partial charge < -0.3 is 20.9 Å². The minimum atomic E-state index is 0.172. The van der Waals surface area contributed by atoms with Crippen LogP contribution in [0.1, 0.15) is 37.3 Å². The molecule has 0 amide bonds. The Balaban J connectivity index is 0.00000158. The Kier molecular flexibility index (Phi) is 12.6. The zero-order valence-electron chi connectivity index (χ0n) is 16.5. The molecule has 0 aliphatic heterocycles. The zero-order chi connectivity index (χ0) is 20.7. The van der Waals surface area contributed by atoms with Crippen LogP contribution in [0.5, 0.6) is 11.5 Å². The number of nitrogen functional groups attached to an aromatic ring is 2. The van der Waals surface area contributed by atoms with Gasteiger partial charge >= 0.3 is 0 Å². The highest BCUT2D eigenvalue weighted by Gasteiger charge is 2.10. The lowest BCUT2D eigenvalue weighted by Gasteiger charge is -2.13. The van der Waals surface area contributed by atoms with E-state index in [4.69, 9.17) is 20.9 Å². The lowest BCUT2D eigenvalue weighted by molar-refractivity contribution is 0.305. The van der Waals surface area contributed by atoms with Crippen LogP contribution in [0.25, 0.3) is 0 Å². The Bertz CT molecular complexity index is 675. The van der Waals surface area contributed by atoms with Gasteiger partial charge in [0.15, 0.2) is 0 Å². The molecular formula is C21H32N4O2. The molecule has 0 atom stereocenters. The SMILES string of the molecule is C=C.C=C.CCCCCOc1ccc(OC)c(Cc2cnc(N)nc2N)c1. The van der Waals surface area contributed by atoms with Gasteiger partial charge in [-0.15, -0.1) is 26.3 Å². The van der Waals surface area contributed by atoms with Crippen LogP contribution < -0.4 is 20.9 Å². The van der Waals surface area contributed by atoms with Crippen LogP contribution in [0.4, 0.5) is 11.8 Å². The van der Waals surface area contributed by atoms with Crippen LogP contribution in [-0.2, 0) is 6.42 Å². The van der Waals surface area contributed by atoms with Crippen LogP contribution in [-0.4, -0.2) is 23.7 Å². The highest BCUT2D eigenvalue weighted by atomic mass is 16.5. The summed E-state index contributed by atoms with van der Waals surface area (Å²) in [7, 11) is 1.64. The second-order valence-electron chi connectivity index (χ2n) is 5.34. The highest BCUT2D eigenvalue weighted by molar-refractivity contribution is 5.48. The van der Waals surface area contributed by atoms with E-state index < -0.39 is 0 Å². The van der Waals surface area contributed by atoms with Crippen molar-refractivity contribution in [3.05, 3.63) is 61.8 Å². The van der Waals surface area contributed by atoms with Gasteiger partial charge in [-0.2, -0.15) is 4.98 Å². The second kappa shape index (κ2) is 14.2. The zero-order valence-corrected chi connectivity index (χ0v) is 16.5. The predicted octanol–water partition coefficient (Wildman–Crippen LogP) is 4.41. The van der Waals surface area contributed by atoms with E-state index in [0.717, 1.165) is 29.0 Å². The van der Waals surface area contributed by atoms with Crippen LogP contribution in [0.2, 0.25) is 0 Å². The summed E-state index contributed by atoms with van der Waals surface area (Å²) in [5.74, 6) is 2.16. The molecule has 0 saturated carbocycles. The van der Waals surface area contributed by atoms with Crippen LogP contribution in [0, 0.1) is 0 Å². The number of unbranched alkanes of at least 4 members (excludes halogenated alkanes) is 2. The van der Waals surface area contributed by atoms with E-state index in [2.05, 4.69) is 43.2 Å². The summed E-state index contributed by atoms with van der Waals surface area (Å²) < 4.78 is 11.2. The molecule has 0 spiro atoms. The van der Waals surface area contributed by atoms with Crippen molar-refractivity contribution in [1.29, 1.82) is 0 Å². The van der Waals surface area contributed by atoms with E-state index in [-0.39, 0.29) is 5.95 Å². The first kappa shape index (κ1) is 24.0. The van der Waals surface area contributed by atoms with Gasteiger partial charge in [0.2, 0.25) is 5.95 Å². The number of nitrogens with two attached hydrogens (primary N) is 2. The summed E-state index contributed by atoms with van der Waals surface area (Å²) in [5.41, 5.74) is 13.2. The highest BCUT2D eigenvalue weighted by Crippen LogP contribution is 2.27. The van der Waals surface area contributed by atoms with E-state index in [1.807, 2.05) is 18.2 Å². The average molecular weight is 373 g/mol. The van der Waals surface area contributed by atoms with E-state index in [1.165, 1.54) is 12.8 Å². The summed E-state index contributed by atoms with van der Waals surface area (Å²) >= 11 is 0. The number of methoxy groups -OCH3 is 1. The fraction of sp³-hybridized carbons (Fsp3) is 0.333. The quantitative estimate of drug-likeness (QED) is 0.526. The van der Waals surface area contributed by atoms with Crippen LogP contribution in [0.3, 0.4) is 0 Å². The molecule has 0 aliphatic carbocycles. The Labute approximate surface area is 162 Å². The molecule has 6 heteroatoms. The van der Waals surface area contributed by atoms with E-state index in [9.17, 15) is 0 Å². The largest absolute Gasteiger partial charge is 0.496 e. The molecule has 6 nitrogen and oxygen atoms in total. The summed E-state index contributed by atoms with van der Waals surface area (Å²) in [4.78, 5) is 7.99. The van der Waals surface area contributed by atoms with Crippen molar-refractivity contribution in [2.45, 2.75) is 32.6 Å². The molecule has 148 valence electrons. The van der Waals surface area contributed by atoms with Gasteiger partial charge in [0.05, 0.1) is 13.7 Å².